The predicted molar refractivity (Wildman–Crippen MR) is 82.5 cm³/mol. The van der Waals surface area contributed by atoms with Crippen LogP contribution in [-0.2, 0) is 16.6 Å². The third-order valence-corrected chi connectivity index (χ3v) is 3.46. The van der Waals surface area contributed by atoms with E-state index in [0.29, 0.717) is 6.54 Å². The van der Waals surface area contributed by atoms with Gasteiger partial charge in [-0.25, -0.2) is 4.79 Å². The van der Waals surface area contributed by atoms with Crippen molar-refractivity contribution in [2.45, 2.75) is 39.0 Å². The topological polar surface area (TPSA) is 78.4 Å². The van der Waals surface area contributed by atoms with Crippen LogP contribution in [0.15, 0.2) is 24.3 Å². The van der Waals surface area contributed by atoms with Crippen LogP contribution in [0.25, 0.3) is 0 Å². The zero-order valence-electron chi connectivity index (χ0n) is 12.9. The fourth-order valence-electron chi connectivity index (χ4n) is 1.94. The van der Waals surface area contributed by atoms with Crippen LogP contribution in [0.4, 0.5) is 4.79 Å². The van der Waals surface area contributed by atoms with Crippen molar-refractivity contribution < 1.29 is 14.7 Å². The number of carboxylic acids is 1. The van der Waals surface area contributed by atoms with E-state index >= 15 is 0 Å². The molecule has 0 aliphatic rings. The first-order chi connectivity index (χ1) is 9.85. The zero-order valence-corrected chi connectivity index (χ0v) is 12.9. The van der Waals surface area contributed by atoms with Crippen LogP contribution in [0.3, 0.4) is 0 Å². The van der Waals surface area contributed by atoms with Gasteiger partial charge in [-0.3, -0.25) is 4.79 Å². The summed E-state index contributed by atoms with van der Waals surface area (Å²) in [5, 5.41) is 13.8. The normalized spacial score (nSPS) is 11.0. The molecule has 1 aromatic rings. The van der Waals surface area contributed by atoms with E-state index in [9.17, 15) is 9.59 Å². The molecule has 0 atom stereocenters. The molecule has 0 bridgehead atoms. The van der Waals surface area contributed by atoms with E-state index in [1.165, 1.54) is 5.56 Å². The highest BCUT2D eigenvalue weighted by atomic mass is 16.4. The summed E-state index contributed by atoms with van der Waals surface area (Å²) < 4.78 is 0. The van der Waals surface area contributed by atoms with Crippen molar-refractivity contribution in [3.05, 3.63) is 35.4 Å². The molecule has 5 nitrogen and oxygen atoms in total. The van der Waals surface area contributed by atoms with Crippen molar-refractivity contribution >= 4 is 12.0 Å². The second-order valence-corrected chi connectivity index (χ2v) is 5.69. The van der Waals surface area contributed by atoms with E-state index in [4.69, 9.17) is 5.11 Å². The fraction of sp³-hybridized carbons (Fsp3) is 0.500. The lowest BCUT2D eigenvalue weighted by molar-refractivity contribution is -0.136. The quantitative estimate of drug-likeness (QED) is 0.721. The van der Waals surface area contributed by atoms with Gasteiger partial charge >= 0.3 is 12.0 Å². The van der Waals surface area contributed by atoms with E-state index in [-0.39, 0.29) is 24.4 Å². The summed E-state index contributed by atoms with van der Waals surface area (Å²) in [4.78, 5) is 22.0. The Morgan fingerprint density at radius 3 is 2.29 bits per heavy atom. The average Bonchev–Trinajstić information content (AvgIpc) is 2.45. The molecule has 0 aliphatic carbocycles. The average molecular weight is 292 g/mol. The minimum Gasteiger partial charge on any atom is -0.481 e. The zero-order chi connectivity index (χ0) is 15.9. The van der Waals surface area contributed by atoms with Crippen LogP contribution in [0, 0.1) is 0 Å². The Balaban J connectivity index is 2.47. The van der Waals surface area contributed by atoms with Gasteiger partial charge in [0.2, 0.25) is 0 Å². The molecule has 116 valence electrons. The number of hydrogen-bond donors (Lipinski definition) is 3. The molecule has 1 aromatic carbocycles. The summed E-state index contributed by atoms with van der Waals surface area (Å²) in [6.45, 7) is 6.85. The molecular weight excluding hydrogens is 268 g/mol. The Morgan fingerprint density at radius 1 is 1.14 bits per heavy atom. The summed E-state index contributed by atoms with van der Waals surface area (Å²) in [5.41, 5.74) is 2.26. The molecule has 3 N–H and O–H groups in total. The number of urea groups is 1. The first-order valence-corrected chi connectivity index (χ1v) is 7.18. The van der Waals surface area contributed by atoms with E-state index in [2.05, 4.69) is 55.7 Å². The van der Waals surface area contributed by atoms with E-state index < -0.39 is 5.97 Å². The molecule has 0 spiro atoms. The van der Waals surface area contributed by atoms with E-state index in [1.807, 2.05) is 0 Å². The summed E-state index contributed by atoms with van der Waals surface area (Å²) in [5.74, 6) is -0.924. The molecule has 0 saturated carbocycles. The van der Waals surface area contributed by atoms with Crippen LogP contribution in [0.1, 0.15) is 38.3 Å². The number of carboxylic acid groups (broad SMARTS) is 1. The number of rotatable bonds is 7. The van der Waals surface area contributed by atoms with E-state index in [0.717, 1.165) is 12.0 Å². The van der Waals surface area contributed by atoms with Gasteiger partial charge in [0.1, 0.15) is 0 Å². The lowest BCUT2D eigenvalue weighted by Crippen LogP contribution is -2.42. The molecule has 0 unspecified atom stereocenters. The summed E-state index contributed by atoms with van der Waals surface area (Å²) in [7, 11) is 0. The number of carbonyl (C=O) groups excluding carboxylic acids is 1. The van der Waals surface area contributed by atoms with Crippen molar-refractivity contribution in [3.8, 4) is 0 Å². The number of carbonyl (C=O) groups is 2. The van der Waals surface area contributed by atoms with Gasteiger partial charge in [-0.1, -0.05) is 45.0 Å². The monoisotopic (exact) mass is 292 g/mol. The number of amides is 2. The Labute approximate surface area is 125 Å². The molecule has 1 rings (SSSR count). The van der Waals surface area contributed by atoms with Crippen LogP contribution in [0.5, 0.6) is 0 Å². The summed E-state index contributed by atoms with van der Waals surface area (Å²) in [6, 6.07) is 8.04. The van der Waals surface area contributed by atoms with Crippen molar-refractivity contribution in [2.24, 2.45) is 0 Å². The molecule has 21 heavy (non-hydrogen) atoms. The Kier molecular flexibility index (Phi) is 6.21. The number of hydrogen-bond acceptors (Lipinski definition) is 2. The predicted octanol–water partition coefficient (Wildman–Crippen LogP) is 2.30. The third-order valence-electron chi connectivity index (χ3n) is 3.46. The lowest BCUT2D eigenvalue weighted by atomic mass is 9.84. The van der Waals surface area contributed by atoms with Gasteiger partial charge < -0.3 is 15.7 Å². The molecule has 5 heteroatoms. The minimum absolute atomic E-state index is 0.0741. The highest BCUT2D eigenvalue weighted by molar-refractivity contribution is 5.75. The number of aryl methyl sites for hydroxylation is 1. The molecular formula is C16H24N2O3. The summed E-state index contributed by atoms with van der Waals surface area (Å²) in [6.07, 6.45) is 0.931. The smallest absolute Gasteiger partial charge is 0.314 e. The van der Waals surface area contributed by atoms with Crippen molar-refractivity contribution in [2.75, 3.05) is 13.1 Å². The second kappa shape index (κ2) is 7.67. The lowest BCUT2D eigenvalue weighted by Gasteiger charge is -2.26. The van der Waals surface area contributed by atoms with Gasteiger partial charge in [0.25, 0.3) is 0 Å². The van der Waals surface area contributed by atoms with Crippen molar-refractivity contribution in [1.82, 2.24) is 10.6 Å². The number of benzene rings is 1. The maximum atomic E-state index is 11.6. The first kappa shape index (κ1) is 17.0. The largest absolute Gasteiger partial charge is 0.481 e. The molecule has 0 heterocycles. The van der Waals surface area contributed by atoms with Gasteiger partial charge in [0.05, 0.1) is 6.42 Å². The molecule has 0 fully saturated rings. The standard InChI is InChI=1S/C16H24N2O3/c1-4-12-5-7-13(8-6-12)16(2,3)11-18-15(21)17-10-9-14(19)20/h5-8H,4,9-11H2,1-3H3,(H,19,20)(H2,17,18,21). The SMILES string of the molecule is CCc1ccc(C(C)(C)CNC(=O)NCCC(=O)O)cc1. The molecule has 0 aliphatic heterocycles. The van der Waals surface area contributed by atoms with Gasteiger partial charge in [0, 0.05) is 18.5 Å². The molecule has 0 saturated heterocycles. The van der Waals surface area contributed by atoms with Gasteiger partial charge in [-0.05, 0) is 17.5 Å². The minimum atomic E-state index is -0.924. The Bertz CT molecular complexity index is 481. The van der Waals surface area contributed by atoms with Crippen molar-refractivity contribution in [3.63, 3.8) is 0 Å². The number of nitrogens with one attached hydrogen (secondary N) is 2. The van der Waals surface area contributed by atoms with Crippen LogP contribution >= 0.6 is 0 Å². The van der Waals surface area contributed by atoms with Crippen LogP contribution in [-0.4, -0.2) is 30.2 Å². The van der Waals surface area contributed by atoms with E-state index in [1.54, 1.807) is 0 Å². The maximum absolute atomic E-state index is 11.6. The molecule has 0 aromatic heterocycles. The highest BCUT2D eigenvalue weighted by Gasteiger charge is 2.21. The molecule has 2 amide bonds. The molecule has 0 radical (unpaired) electrons. The Hall–Kier alpha value is -2.04. The third kappa shape index (κ3) is 5.85. The van der Waals surface area contributed by atoms with Crippen LogP contribution in [0.2, 0.25) is 0 Å². The maximum Gasteiger partial charge on any atom is 0.314 e. The van der Waals surface area contributed by atoms with Crippen molar-refractivity contribution in [1.29, 1.82) is 0 Å². The summed E-state index contributed by atoms with van der Waals surface area (Å²) >= 11 is 0. The van der Waals surface area contributed by atoms with Gasteiger partial charge in [0.15, 0.2) is 0 Å². The first-order valence-electron chi connectivity index (χ1n) is 7.18. The second-order valence-electron chi connectivity index (χ2n) is 5.69. The van der Waals surface area contributed by atoms with Crippen LogP contribution < -0.4 is 10.6 Å². The highest BCUT2D eigenvalue weighted by Crippen LogP contribution is 2.22. The van der Waals surface area contributed by atoms with Gasteiger partial charge in [-0.15, -0.1) is 0 Å². The fourth-order valence-corrected chi connectivity index (χ4v) is 1.94. The number of aliphatic carboxylic acids is 1. The Morgan fingerprint density at radius 2 is 1.76 bits per heavy atom. The van der Waals surface area contributed by atoms with Gasteiger partial charge in [-0.2, -0.15) is 0 Å².